The molecule has 1 aromatic heterocycles. The molecule has 2 aromatic rings. The fraction of sp³-hybridized carbons (Fsp3) is 0.500. The average Bonchev–Trinajstić information content (AvgIpc) is 2.65. The first-order valence-electron chi connectivity index (χ1n) is 8.70. The highest BCUT2D eigenvalue weighted by Gasteiger charge is 2.29. The molecule has 0 aliphatic carbocycles. The third-order valence-corrected chi connectivity index (χ3v) is 4.75. The fourth-order valence-corrected chi connectivity index (χ4v) is 3.22. The van der Waals surface area contributed by atoms with Gasteiger partial charge in [0.2, 0.25) is 5.91 Å². The van der Waals surface area contributed by atoms with Crippen LogP contribution in [0.5, 0.6) is 0 Å². The van der Waals surface area contributed by atoms with Gasteiger partial charge in [-0.05, 0) is 37.8 Å². The number of likely N-dealkylation sites (N-methyl/N-ethyl adjacent to an activating group) is 1. The summed E-state index contributed by atoms with van der Waals surface area (Å²) in [5, 5.41) is 0.541. The van der Waals surface area contributed by atoms with E-state index in [1.54, 1.807) is 23.1 Å². The van der Waals surface area contributed by atoms with Crippen LogP contribution in [0.1, 0.15) is 25.6 Å². The summed E-state index contributed by atoms with van der Waals surface area (Å²) in [5.41, 5.74) is 6.63. The number of H-pyrrole nitrogens is 1. The number of carbonyl (C=O) groups is 1. The van der Waals surface area contributed by atoms with Crippen LogP contribution in [0.15, 0.2) is 29.1 Å². The van der Waals surface area contributed by atoms with Crippen molar-refractivity contribution in [1.29, 1.82) is 0 Å². The monoisotopic (exact) mass is 380 g/mol. The van der Waals surface area contributed by atoms with E-state index in [0.717, 1.165) is 12.8 Å². The zero-order valence-corrected chi connectivity index (χ0v) is 15.6. The molecule has 2 heterocycles. The molecule has 1 fully saturated rings. The Labute approximate surface area is 158 Å². The van der Waals surface area contributed by atoms with Crippen LogP contribution in [0.25, 0.3) is 10.9 Å². The summed E-state index contributed by atoms with van der Waals surface area (Å²) in [4.78, 5) is 33.8. The van der Waals surface area contributed by atoms with Crippen molar-refractivity contribution >= 4 is 29.2 Å². The Morgan fingerprint density at radius 3 is 2.77 bits per heavy atom. The van der Waals surface area contributed by atoms with Gasteiger partial charge >= 0.3 is 0 Å². The van der Waals surface area contributed by atoms with Gasteiger partial charge in [0.25, 0.3) is 5.56 Å². The number of ether oxygens (including phenoxy) is 1. The Hall–Kier alpha value is -1.96. The smallest absolute Gasteiger partial charge is 0.258 e. The van der Waals surface area contributed by atoms with Gasteiger partial charge < -0.3 is 20.4 Å². The van der Waals surface area contributed by atoms with E-state index >= 15 is 0 Å². The molecule has 1 aliphatic rings. The van der Waals surface area contributed by atoms with Crippen molar-refractivity contribution in [2.45, 2.75) is 32.4 Å². The molecular formula is C18H25ClN4O3. The predicted octanol–water partition coefficient (Wildman–Crippen LogP) is 1.45. The standard InChI is InChI=1S/C18H24N4O3.ClH/c1-2-22(18(24)16(19)12-7-9-25-10-8-12)11-15-20-14-6-4-3-5-13(14)17(23)21-15;/h3-6,12,16H,2,7-11,19H2,1H3,(H,20,21,23);1H. The molecule has 1 unspecified atom stereocenters. The minimum atomic E-state index is -0.545. The summed E-state index contributed by atoms with van der Waals surface area (Å²) in [6.45, 7) is 3.95. The molecule has 1 amide bonds. The van der Waals surface area contributed by atoms with E-state index in [2.05, 4.69) is 9.97 Å². The first-order chi connectivity index (χ1) is 12.1. The van der Waals surface area contributed by atoms with Crippen LogP contribution in [0.2, 0.25) is 0 Å². The number of aromatic amines is 1. The Bertz CT molecular complexity index is 804. The Morgan fingerprint density at radius 1 is 1.38 bits per heavy atom. The van der Waals surface area contributed by atoms with Crippen LogP contribution in [0.4, 0.5) is 0 Å². The van der Waals surface area contributed by atoms with Crippen LogP contribution >= 0.6 is 12.4 Å². The normalized spacial score (nSPS) is 16.1. The van der Waals surface area contributed by atoms with Gasteiger partial charge in [0.1, 0.15) is 5.82 Å². The number of hydrogen-bond donors (Lipinski definition) is 2. The molecule has 1 aromatic carbocycles. The lowest BCUT2D eigenvalue weighted by atomic mass is 9.91. The molecule has 142 valence electrons. The number of carbonyl (C=O) groups excluding carboxylic acids is 1. The number of nitrogens with one attached hydrogen (secondary N) is 1. The number of nitrogens with zero attached hydrogens (tertiary/aromatic N) is 2. The summed E-state index contributed by atoms with van der Waals surface area (Å²) in [5.74, 6) is 0.502. The van der Waals surface area contributed by atoms with Crippen molar-refractivity contribution < 1.29 is 9.53 Å². The summed E-state index contributed by atoms with van der Waals surface area (Å²) >= 11 is 0. The third-order valence-electron chi connectivity index (χ3n) is 4.75. The lowest BCUT2D eigenvalue weighted by Gasteiger charge is -2.30. The van der Waals surface area contributed by atoms with Gasteiger partial charge in [-0.25, -0.2) is 4.98 Å². The minimum absolute atomic E-state index is 0. The molecule has 0 spiro atoms. The van der Waals surface area contributed by atoms with E-state index in [-0.39, 0.29) is 36.3 Å². The van der Waals surface area contributed by atoms with Gasteiger partial charge in [-0.1, -0.05) is 12.1 Å². The fourth-order valence-electron chi connectivity index (χ4n) is 3.22. The number of hydrogen-bond acceptors (Lipinski definition) is 5. The molecule has 1 aliphatic heterocycles. The molecule has 3 N–H and O–H groups in total. The number of rotatable bonds is 5. The summed E-state index contributed by atoms with van der Waals surface area (Å²) in [6, 6.07) is 6.61. The Morgan fingerprint density at radius 2 is 2.08 bits per heavy atom. The van der Waals surface area contributed by atoms with Crippen LogP contribution in [0, 0.1) is 5.92 Å². The van der Waals surface area contributed by atoms with Gasteiger partial charge in [-0.2, -0.15) is 0 Å². The van der Waals surface area contributed by atoms with Gasteiger partial charge in [-0.3, -0.25) is 9.59 Å². The second kappa shape index (κ2) is 9.12. The molecular weight excluding hydrogens is 356 g/mol. The van der Waals surface area contributed by atoms with Crippen molar-refractivity contribution in [3.05, 3.63) is 40.4 Å². The first kappa shape index (κ1) is 20.4. The number of fused-ring (bicyclic) bond motifs is 1. The molecule has 0 saturated carbocycles. The van der Waals surface area contributed by atoms with E-state index in [1.807, 2.05) is 13.0 Å². The highest BCUT2D eigenvalue weighted by molar-refractivity contribution is 5.85. The molecule has 7 nitrogen and oxygen atoms in total. The lowest BCUT2D eigenvalue weighted by molar-refractivity contribution is -0.135. The van der Waals surface area contributed by atoms with E-state index in [4.69, 9.17) is 10.5 Å². The average molecular weight is 381 g/mol. The summed E-state index contributed by atoms with van der Waals surface area (Å²) in [6.07, 6.45) is 1.60. The van der Waals surface area contributed by atoms with E-state index in [1.165, 1.54) is 0 Å². The van der Waals surface area contributed by atoms with Crippen LogP contribution in [-0.4, -0.2) is 46.6 Å². The van der Waals surface area contributed by atoms with Crippen molar-refractivity contribution in [1.82, 2.24) is 14.9 Å². The number of aromatic nitrogens is 2. The Balaban J connectivity index is 0.00000243. The Kier molecular flexibility index (Phi) is 7.14. The molecule has 26 heavy (non-hydrogen) atoms. The first-order valence-corrected chi connectivity index (χ1v) is 8.70. The highest BCUT2D eigenvalue weighted by atomic mass is 35.5. The SMILES string of the molecule is CCN(Cc1nc2ccccc2c(=O)[nH]1)C(=O)C(N)C1CCOCC1.Cl. The number of nitrogens with two attached hydrogens (primary N) is 1. The van der Waals surface area contributed by atoms with E-state index in [9.17, 15) is 9.59 Å². The number of halogens is 1. The number of amides is 1. The second-order valence-corrected chi connectivity index (χ2v) is 6.36. The van der Waals surface area contributed by atoms with Crippen LogP contribution in [0.3, 0.4) is 0 Å². The zero-order valence-electron chi connectivity index (χ0n) is 14.8. The lowest BCUT2D eigenvalue weighted by Crippen LogP contribution is -2.49. The minimum Gasteiger partial charge on any atom is -0.381 e. The number of benzene rings is 1. The predicted molar refractivity (Wildman–Crippen MR) is 102 cm³/mol. The van der Waals surface area contributed by atoms with Crippen molar-refractivity contribution in [3.63, 3.8) is 0 Å². The summed E-state index contributed by atoms with van der Waals surface area (Å²) < 4.78 is 5.34. The maximum Gasteiger partial charge on any atom is 0.258 e. The van der Waals surface area contributed by atoms with Gasteiger partial charge in [0.15, 0.2) is 0 Å². The maximum atomic E-state index is 12.8. The van der Waals surface area contributed by atoms with Crippen molar-refractivity contribution in [2.24, 2.45) is 11.7 Å². The molecule has 1 atom stereocenters. The van der Waals surface area contributed by atoms with Crippen molar-refractivity contribution in [3.8, 4) is 0 Å². The molecule has 1 saturated heterocycles. The molecule has 0 radical (unpaired) electrons. The molecule has 3 rings (SSSR count). The highest BCUT2D eigenvalue weighted by Crippen LogP contribution is 2.19. The third kappa shape index (κ3) is 4.41. The molecule has 0 bridgehead atoms. The van der Waals surface area contributed by atoms with Gasteiger partial charge in [0, 0.05) is 19.8 Å². The summed E-state index contributed by atoms with van der Waals surface area (Å²) in [7, 11) is 0. The second-order valence-electron chi connectivity index (χ2n) is 6.36. The maximum absolute atomic E-state index is 12.8. The zero-order chi connectivity index (χ0) is 17.8. The van der Waals surface area contributed by atoms with E-state index < -0.39 is 6.04 Å². The van der Waals surface area contributed by atoms with Gasteiger partial charge in [0.05, 0.1) is 23.5 Å². The van der Waals surface area contributed by atoms with E-state index in [0.29, 0.717) is 36.5 Å². The quantitative estimate of drug-likeness (QED) is 0.817. The number of para-hydroxylation sites is 1. The van der Waals surface area contributed by atoms with Gasteiger partial charge in [-0.15, -0.1) is 12.4 Å². The van der Waals surface area contributed by atoms with Crippen LogP contribution in [-0.2, 0) is 16.1 Å². The molecule has 8 heteroatoms. The van der Waals surface area contributed by atoms with Crippen LogP contribution < -0.4 is 11.3 Å². The topological polar surface area (TPSA) is 101 Å². The largest absolute Gasteiger partial charge is 0.381 e. The van der Waals surface area contributed by atoms with Crippen molar-refractivity contribution in [2.75, 3.05) is 19.8 Å².